The third kappa shape index (κ3) is 3.27. The Hall–Kier alpha value is -0.980. The van der Waals surface area contributed by atoms with E-state index < -0.39 is 9.84 Å². The predicted octanol–water partition coefficient (Wildman–Crippen LogP) is 1.78. The molecule has 0 aliphatic carbocycles. The van der Waals surface area contributed by atoms with Gasteiger partial charge in [0.2, 0.25) is 0 Å². The molecule has 2 heterocycles. The van der Waals surface area contributed by atoms with Crippen LogP contribution >= 0.6 is 11.6 Å². The van der Waals surface area contributed by atoms with Crippen LogP contribution in [0.1, 0.15) is 18.4 Å². The molecule has 21 heavy (non-hydrogen) atoms. The fourth-order valence-corrected chi connectivity index (χ4v) is 4.82. The molecule has 5 nitrogen and oxygen atoms in total. The van der Waals surface area contributed by atoms with Gasteiger partial charge in [-0.05, 0) is 30.5 Å². The third-order valence-corrected chi connectivity index (χ3v) is 6.38. The molecule has 2 aliphatic heterocycles. The molecule has 116 valence electrons. The van der Waals surface area contributed by atoms with Crippen LogP contribution in [0.2, 0.25) is 5.02 Å². The Balaban J connectivity index is 1.62. The maximum atomic E-state index is 11.8. The van der Waals surface area contributed by atoms with E-state index >= 15 is 0 Å². The third-order valence-electron chi connectivity index (χ3n) is 3.82. The molecule has 1 unspecified atom stereocenters. The van der Waals surface area contributed by atoms with E-state index in [1.807, 2.05) is 12.1 Å². The van der Waals surface area contributed by atoms with E-state index in [0.29, 0.717) is 48.6 Å². The van der Waals surface area contributed by atoms with Crippen LogP contribution in [0.15, 0.2) is 12.1 Å². The zero-order valence-electron chi connectivity index (χ0n) is 11.6. The first-order valence-electron chi connectivity index (χ1n) is 7.06. The first kappa shape index (κ1) is 14.9. The van der Waals surface area contributed by atoms with E-state index in [1.54, 1.807) is 0 Å². The van der Waals surface area contributed by atoms with E-state index in [1.165, 1.54) is 0 Å². The van der Waals surface area contributed by atoms with Crippen molar-refractivity contribution in [3.63, 3.8) is 0 Å². The Morgan fingerprint density at radius 1 is 1.29 bits per heavy atom. The van der Waals surface area contributed by atoms with Gasteiger partial charge in [0, 0.05) is 13.1 Å². The lowest BCUT2D eigenvalue weighted by Gasteiger charge is -2.20. The van der Waals surface area contributed by atoms with Gasteiger partial charge < -0.3 is 14.8 Å². The molecule has 2 aliphatic rings. The lowest BCUT2D eigenvalue weighted by atomic mass is 10.2. The Labute approximate surface area is 129 Å². The van der Waals surface area contributed by atoms with Gasteiger partial charge in [0.1, 0.15) is 13.2 Å². The summed E-state index contributed by atoms with van der Waals surface area (Å²) in [5.74, 6) is 1.55. The van der Waals surface area contributed by atoms with E-state index in [2.05, 4.69) is 5.32 Å². The number of hydrogen-bond donors (Lipinski definition) is 1. The maximum absolute atomic E-state index is 11.8. The SMILES string of the molecule is O=S1(=O)CCCC1CNCc1cc(Cl)c2c(c1)OCCO2. The number of rotatable bonds is 4. The molecule has 1 N–H and O–H groups in total. The van der Waals surface area contributed by atoms with Gasteiger partial charge in [0.15, 0.2) is 21.3 Å². The molecule has 0 bridgehead atoms. The quantitative estimate of drug-likeness (QED) is 0.911. The summed E-state index contributed by atoms with van der Waals surface area (Å²) in [4.78, 5) is 0. The van der Waals surface area contributed by atoms with Crippen molar-refractivity contribution in [1.29, 1.82) is 0 Å². The second kappa shape index (κ2) is 6.02. The molecule has 3 rings (SSSR count). The Morgan fingerprint density at radius 3 is 2.86 bits per heavy atom. The molecule has 1 atom stereocenters. The average molecular weight is 332 g/mol. The molecule has 1 aromatic carbocycles. The lowest BCUT2D eigenvalue weighted by molar-refractivity contribution is 0.171. The summed E-state index contributed by atoms with van der Waals surface area (Å²) in [5.41, 5.74) is 0.958. The molecule has 0 aromatic heterocycles. The van der Waals surface area contributed by atoms with E-state index in [9.17, 15) is 8.42 Å². The van der Waals surface area contributed by atoms with Crippen molar-refractivity contribution in [1.82, 2.24) is 5.32 Å². The zero-order chi connectivity index (χ0) is 14.9. The summed E-state index contributed by atoms with van der Waals surface area (Å²) in [6.07, 6.45) is 1.52. The van der Waals surface area contributed by atoms with Gasteiger partial charge in [-0.1, -0.05) is 11.6 Å². The average Bonchev–Trinajstić information content (AvgIpc) is 2.78. The molecule has 1 aromatic rings. The Bertz CT molecular complexity index is 632. The van der Waals surface area contributed by atoms with Gasteiger partial charge in [-0.25, -0.2) is 8.42 Å². The van der Waals surface area contributed by atoms with Crippen molar-refractivity contribution in [3.8, 4) is 11.5 Å². The molecule has 0 spiro atoms. The fraction of sp³-hybridized carbons (Fsp3) is 0.571. The lowest BCUT2D eigenvalue weighted by Crippen LogP contribution is -2.30. The van der Waals surface area contributed by atoms with Crippen molar-refractivity contribution < 1.29 is 17.9 Å². The smallest absolute Gasteiger partial charge is 0.179 e. The van der Waals surface area contributed by atoms with Crippen LogP contribution in [0, 0.1) is 0 Å². The number of ether oxygens (including phenoxy) is 2. The van der Waals surface area contributed by atoms with Crippen molar-refractivity contribution in [3.05, 3.63) is 22.7 Å². The number of benzene rings is 1. The molecule has 0 saturated carbocycles. The van der Waals surface area contributed by atoms with Crippen LogP contribution in [-0.4, -0.2) is 39.2 Å². The molecular weight excluding hydrogens is 314 g/mol. The highest BCUT2D eigenvalue weighted by atomic mass is 35.5. The van der Waals surface area contributed by atoms with E-state index in [4.69, 9.17) is 21.1 Å². The minimum Gasteiger partial charge on any atom is -0.486 e. The highest BCUT2D eigenvalue weighted by Gasteiger charge is 2.30. The van der Waals surface area contributed by atoms with Gasteiger partial charge in [-0.3, -0.25) is 0 Å². The normalized spacial score (nSPS) is 23.2. The summed E-state index contributed by atoms with van der Waals surface area (Å²) in [5, 5.41) is 3.47. The second-order valence-corrected chi connectivity index (χ2v) is 8.17. The molecule has 1 fully saturated rings. The van der Waals surface area contributed by atoms with Crippen LogP contribution in [0.5, 0.6) is 11.5 Å². The number of fused-ring (bicyclic) bond motifs is 1. The maximum Gasteiger partial charge on any atom is 0.179 e. The van der Waals surface area contributed by atoms with Gasteiger partial charge in [0.25, 0.3) is 0 Å². The van der Waals surface area contributed by atoms with Gasteiger partial charge >= 0.3 is 0 Å². The first-order valence-corrected chi connectivity index (χ1v) is 9.16. The second-order valence-electron chi connectivity index (χ2n) is 5.36. The number of sulfone groups is 1. The summed E-state index contributed by atoms with van der Waals surface area (Å²) in [6.45, 7) is 2.06. The van der Waals surface area contributed by atoms with Crippen LogP contribution in [0.25, 0.3) is 0 Å². The van der Waals surface area contributed by atoms with Crippen molar-refractivity contribution in [2.45, 2.75) is 24.6 Å². The summed E-state index contributed by atoms with van der Waals surface area (Å²) >= 11 is 6.17. The molecule has 0 radical (unpaired) electrons. The van der Waals surface area contributed by atoms with Crippen LogP contribution in [0.3, 0.4) is 0 Å². The first-order chi connectivity index (χ1) is 10.1. The molecular formula is C14H18ClNO4S. The van der Waals surface area contributed by atoms with Gasteiger partial charge in [0.05, 0.1) is 16.0 Å². The summed E-state index contributed by atoms with van der Waals surface area (Å²) in [6, 6.07) is 3.71. The van der Waals surface area contributed by atoms with Gasteiger partial charge in [-0.2, -0.15) is 0 Å². The molecule has 0 amide bonds. The topological polar surface area (TPSA) is 64.6 Å². The minimum atomic E-state index is -2.90. The summed E-state index contributed by atoms with van der Waals surface area (Å²) < 4.78 is 34.5. The van der Waals surface area contributed by atoms with Crippen molar-refractivity contribution in [2.75, 3.05) is 25.5 Å². The van der Waals surface area contributed by atoms with E-state index in [-0.39, 0.29) is 5.25 Å². The van der Waals surface area contributed by atoms with E-state index in [0.717, 1.165) is 18.4 Å². The Kier molecular flexibility index (Phi) is 4.28. The monoisotopic (exact) mass is 331 g/mol. The minimum absolute atomic E-state index is 0.259. The largest absolute Gasteiger partial charge is 0.486 e. The number of halogens is 1. The highest BCUT2D eigenvalue weighted by molar-refractivity contribution is 7.92. The van der Waals surface area contributed by atoms with Crippen LogP contribution < -0.4 is 14.8 Å². The summed E-state index contributed by atoms with van der Waals surface area (Å²) in [7, 11) is -2.90. The van der Waals surface area contributed by atoms with Crippen molar-refractivity contribution >= 4 is 21.4 Å². The predicted molar refractivity (Wildman–Crippen MR) is 81.0 cm³/mol. The van der Waals surface area contributed by atoms with Crippen LogP contribution in [-0.2, 0) is 16.4 Å². The standard InChI is InChI=1S/C14H18ClNO4S/c15-12-6-10(7-13-14(12)20-4-3-19-13)8-16-9-11-2-1-5-21(11,17)18/h6-7,11,16H,1-5,8-9H2. The van der Waals surface area contributed by atoms with Crippen LogP contribution in [0.4, 0.5) is 0 Å². The highest BCUT2D eigenvalue weighted by Crippen LogP contribution is 2.38. The number of hydrogen-bond acceptors (Lipinski definition) is 5. The van der Waals surface area contributed by atoms with Gasteiger partial charge in [-0.15, -0.1) is 0 Å². The fourth-order valence-electron chi connectivity index (χ4n) is 2.73. The Morgan fingerprint density at radius 2 is 2.10 bits per heavy atom. The zero-order valence-corrected chi connectivity index (χ0v) is 13.2. The molecule has 7 heteroatoms. The van der Waals surface area contributed by atoms with Crippen molar-refractivity contribution in [2.24, 2.45) is 0 Å². The number of nitrogens with one attached hydrogen (secondary N) is 1. The molecule has 1 saturated heterocycles.